The molecule has 0 saturated heterocycles. The van der Waals surface area contributed by atoms with Gasteiger partial charge in [-0.25, -0.2) is 0 Å². The molecule has 30 heavy (non-hydrogen) atoms. The van der Waals surface area contributed by atoms with Gasteiger partial charge >= 0.3 is 5.97 Å². The minimum Gasteiger partial charge on any atom is -0.475 e. The molecule has 6 nitrogen and oxygen atoms in total. The number of thioether (sulfide) groups is 1. The Morgan fingerprint density at radius 1 is 1.10 bits per heavy atom. The van der Waals surface area contributed by atoms with Crippen LogP contribution >= 0.6 is 24.0 Å². The van der Waals surface area contributed by atoms with Crippen LogP contribution in [0.1, 0.15) is 61.3 Å². The normalized spacial score (nSPS) is 16.3. The lowest BCUT2D eigenvalue weighted by Crippen LogP contribution is -2.33. The zero-order chi connectivity index (χ0) is 22.4. The number of carbonyl (C=O) groups excluding carboxylic acids is 3. The van der Waals surface area contributed by atoms with Gasteiger partial charge in [0.25, 0.3) is 11.8 Å². The van der Waals surface area contributed by atoms with Gasteiger partial charge in [-0.2, -0.15) is 0 Å². The summed E-state index contributed by atoms with van der Waals surface area (Å²) in [6.07, 6.45) is 0.969. The second-order valence-corrected chi connectivity index (χ2v) is 9.72. The van der Waals surface area contributed by atoms with Crippen LogP contribution in [0, 0.1) is 11.8 Å². The fourth-order valence-corrected chi connectivity index (χ4v) is 4.73. The van der Waals surface area contributed by atoms with Gasteiger partial charge in [0.2, 0.25) is 4.38 Å². The number of imide groups is 1. The highest BCUT2D eigenvalue weighted by Gasteiger charge is 2.35. The molecule has 0 bridgehead atoms. The number of benzene rings is 1. The van der Waals surface area contributed by atoms with Crippen LogP contribution in [-0.4, -0.2) is 52.1 Å². The molecule has 8 heteroatoms. The third kappa shape index (κ3) is 6.04. The lowest BCUT2D eigenvalue weighted by molar-refractivity contribution is -0.145. The molecule has 1 aliphatic heterocycles. The van der Waals surface area contributed by atoms with Gasteiger partial charge in [-0.05, 0) is 50.0 Å². The smallest absolute Gasteiger partial charge is 0.308 e. The standard InChI is InChI=1S/C22H29NO5S2/c1-13(2)15(4)28-22(29)30-16(12-14(3)21(26)27-5)10-11-23-19(24)17-8-6-7-9-18(17)20(23)25/h6-9,13-16H,10-12H2,1-5H3. The van der Waals surface area contributed by atoms with Gasteiger partial charge in [-0.15, -0.1) is 0 Å². The third-order valence-corrected chi connectivity index (χ3v) is 6.69. The lowest BCUT2D eigenvalue weighted by Gasteiger charge is -2.24. The fraction of sp³-hybridized carbons (Fsp3) is 0.545. The Labute approximate surface area is 187 Å². The molecule has 0 fully saturated rings. The summed E-state index contributed by atoms with van der Waals surface area (Å²) in [4.78, 5) is 38.4. The Balaban J connectivity index is 2.05. The van der Waals surface area contributed by atoms with Crippen LogP contribution in [0.15, 0.2) is 24.3 Å². The van der Waals surface area contributed by atoms with Crippen LogP contribution in [-0.2, 0) is 14.3 Å². The van der Waals surface area contributed by atoms with Crippen molar-refractivity contribution < 1.29 is 23.9 Å². The SMILES string of the molecule is COC(=O)C(C)CC(CCN1C(=O)c2ccccc2C1=O)SC(=S)OC(C)C(C)C. The first-order valence-corrected chi connectivity index (χ1v) is 11.3. The molecule has 0 spiro atoms. The molecular weight excluding hydrogens is 422 g/mol. The van der Waals surface area contributed by atoms with E-state index < -0.39 is 0 Å². The molecule has 2 amide bonds. The Bertz CT molecular complexity index is 775. The second kappa shape index (κ2) is 10.9. The van der Waals surface area contributed by atoms with E-state index in [-0.39, 0.29) is 41.6 Å². The number of fused-ring (bicyclic) bond motifs is 1. The molecule has 0 radical (unpaired) electrons. The zero-order valence-electron chi connectivity index (χ0n) is 18.0. The van der Waals surface area contributed by atoms with Gasteiger partial charge in [-0.3, -0.25) is 19.3 Å². The number of thiocarbonyl (C=S) groups is 1. The van der Waals surface area contributed by atoms with E-state index in [1.807, 2.05) is 6.92 Å². The Kier molecular flexibility index (Phi) is 8.85. The molecule has 2 rings (SSSR count). The van der Waals surface area contributed by atoms with Crippen molar-refractivity contribution in [3.05, 3.63) is 35.4 Å². The van der Waals surface area contributed by atoms with E-state index in [0.29, 0.717) is 34.3 Å². The fourth-order valence-electron chi connectivity index (χ4n) is 3.08. The van der Waals surface area contributed by atoms with E-state index in [0.717, 1.165) is 0 Å². The molecule has 3 unspecified atom stereocenters. The van der Waals surface area contributed by atoms with Crippen LogP contribution in [0.3, 0.4) is 0 Å². The number of carbonyl (C=O) groups is 3. The summed E-state index contributed by atoms with van der Waals surface area (Å²) in [5.74, 6) is -0.890. The molecule has 3 atom stereocenters. The van der Waals surface area contributed by atoms with Crippen LogP contribution < -0.4 is 0 Å². The summed E-state index contributed by atoms with van der Waals surface area (Å²) < 4.78 is 11.0. The van der Waals surface area contributed by atoms with E-state index >= 15 is 0 Å². The summed E-state index contributed by atoms with van der Waals surface area (Å²) >= 11 is 6.77. The monoisotopic (exact) mass is 451 g/mol. The number of hydrogen-bond donors (Lipinski definition) is 0. The van der Waals surface area contributed by atoms with E-state index in [1.165, 1.54) is 23.8 Å². The van der Waals surface area contributed by atoms with Crippen molar-refractivity contribution >= 4 is 46.1 Å². The highest BCUT2D eigenvalue weighted by atomic mass is 32.2. The molecule has 1 aromatic rings. The quantitative estimate of drug-likeness (QED) is 0.314. The molecule has 1 aromatic carbocycles. The first kappa shape index (κ1) is 24.3. The first-order valence-electron chi connectivity index (χ1n) is 10.1. The number of ether oxygens (including phenoxy) is 2. The number of esters is 1. The molecule has 1 aliphatic rings. The Morgan fingerprint density at radius 2 is 1.67 bits per heavy atom. The van der Waals surface area contributed by atoms with Crippen molar-refractivity contribution in [3.8, 4) is 0 Å². The van der Waals surface area contributed by atoms with Gasteiger partial charge in [0.15, 0.2) is 0 Å². The minimum atomic E-state index is -0.333. The zero-order valence-corrected chi connectivity index (χ0v) is 19.7. The molecule has 0 aliphatic carbocycles. The summed E-state index contributed by atoms with van der Waals surface area (Å²) in [5.41, 5.74) is 0.860. The summed E-state index contributed by atoms with van der Waals surface area (Å²) in [6.45, 7) is 8.11. The van der Waals surface area contributed by atoms with Gasteiger partial charge in [-0.1, -0.05) is 44.7 Å². The molecule has 1 heterocycles. The topological polar surface area (TPSA) is 72.9 Å². The van der Waals surface area contributed by atoms with Crippen LogP contribution in [0.5, 0.6) is 0 Å². The number of rotatable bonds is 9. The molecule has 0 saturated carbocycles. The van der Waals surface area contributed by atoms with Crippen LogP contribution in [0.2, 0.25) is 0 Å². The van der Waals surface area contributed by atoms with Gasteiger partial charge in [0.1, 0.15) is 0 Å². The highest BCUT2D eigenvalue weighted by molar-refractivity contribution is 8.23. The maximum Gasteiger partial charge on any atom is 0.308 e. The van der Waals surface area contributed by atoms with Crippen molar-refractivity contribution in [2.75, 3.05) is 13.7 Å². The van der Waals surface area contributed by atoms with E-state index in [1.54, 1.807) is 31.2 Å². The van der Waals surface area contributed by atoms with Crippen molar-refractivity contribution in [2.24, 2.45) is 11.8 Å². The maximum atomic E-state index is 12.6. The summed E-state index contributed by atoms with van der Waals surface area (Å²) in [6, 6.07) is 6.82. The Hall–Kier alpha value is -1.93. The predicted octanol–water partition coefficient (Wildman–Crippen LogP) is 4.32. The number of amides is 2. The Morgan fingerprint density at radius 3 is 2.17 bits per heavy atom. The van der Waals surface area contributed by atoms with E-state index in [2.05, 4.69) is 13.8 Å². The second-order valence-electron chi connectivity index (χ2n) is 7.81. The van der Waals surface area contributed by atoms with Gasteiger partial charge < -0.3 is 9.47 Å². The minimum absolute atomic E-state index is 0.0279. The van der Waals surface area contributed by atoms with Gasteiger partial charge in [0, 0.05) is 11.8 Å². The average Bonchev–Trinajstić information content (AvgIpc) is 2.95. The summed E-state index contributed by atoms with van der Waals surface area (Å²) in [7, 11) is 1.36. The molecule has 0 N–H and O–H groups in total. The first-order chi connectivity index (χ1) is 14.1. The van der Waals surface area contributed by atoms with E-state index in [4.69, 9.17) is 21.7 Å². The van der Waals surface area contributed by atoms with Crippen LogP contribution in [0.25, 0.3) is 0 Å². The van der Waals surface area contributed by atoms with Crippen molar-refractivity contribution in [1.82, 2.24) is 4.90 Å². The third-order valence-electron chi connectivity index (χ3n) is 5.26. The van der Waals surface area contributed by atoms with Crippen molar-refractivity contribution in [1.29, 1.82) is 0 Å². The average molecular weight is 452 g/mol. The van der Waals surface area contributed by atoms with Gasteiger partial charge in [0.05, 0.1) is 30.3 Å². The number of nitrogens with zero attached hydrogens (tertiary/aromatic N) is 1. The highest BCUT2D eigenvalue weighted by Crippen LogP contribution is 2.29. The molecule has 0 aromatic heterocycles. The van der Waals surface area contributed by atoms with Crippen molar-refractivity contribution in [3.63, 3.8) is 0 Å². The molecule has 164 valence electrons. The lowest BCUT2D eigenvalue weighted by atomic mass is 10.0. The van der Waals surface area contributed by atoms with Crippen molar-refractivity contribution in [2.45, 2.75) is 51.9 Å². The molecular formula is C22H29NO5S2. The number of methoxy groups -OCH3 is 1. The predicted molar refractivity (Wildman–Crippen MR) is 122 cm³/mol. The largest absolute Gasteiger partial charge is 0.475 e. The maximum absolute atomic E-state index is 12.6. The van der Waals surface area contributed by atoms with Crippen LogP contribution in [0.4, 0.5) is 0 Å². The van der Waals surface area contributed by atoms with E-state index in [9.17, 15) is 14.4 Å². The summed E-state index contributed by atoms with van der Waals surface area (Å²) in [5, 5.41) is -0.102. The number of hydrogen-bond acceptors (Lipinski definition) is 7.